The smallest absolute Gasteiger partial charge is 0.122 e. The molecule has 0 atom stereocenters. The molecule has 0 saturated heterocycles. The lowest BCUT2D eigenvalue weighted by Gasteiger charge is -2.17. The minimum absolute atomic E-state index is 0.226. The van der Waals surface area contributed by atoms with Crippen LogP contribution in [0.15, 0.2) is 18.2 Å². The highest BCUT2D eigenvalue weighted by Gasteiger charge is 2.10. The third-order valence-corrected chi connectivity index (χ3v) is 2.14. The van der Waals surface area contributed by atoms with Gasteiger partial charge in [-0.25, -0.2) is 0 Å². The molecule has 1 heterocycles. The zero-order chi connectivity index (χ0) is 9.26. The standard InChI is InChI=1S/C10H10O3/c11-10(12)8-3-4-9-7(6-8)2-1-5-13-9/h3-4,6H,1-2,5H2,(H,11,12)/p-1. The summed E-state index contributed by atoms with van der Waals surface area (Å²) in [5.41, 5.74) is 1.19. The number of hydrogen-bond acceptors (Lipinski definition) is 3. The quantitative estimate of drug-likeness (QED) is 0.623. The fourth-order valence-corrected chi connectivity index (χ4v) is 1.49. The number of fused-ring (bicyclic) bond motifs is 1. The molecule has 0 radical (unpaired) electrons. The van der Waals surface area contributed by atoms with E-state index in [1.807, 2.05) is 0 Å². The second-order valence-electron chi connectivity index (χ2n) is 3.06. The molecule has 0 unspecified atom stereocenters. The van der Waals surface area contributed by atoms with Gasteiger partial charge in [-0.05, 0) is 42.2 Å². The van der Waals surface area contributed by atoms with E-state index in [4.69, 9.17) is 4.74 Å². The number of carbonyl (C=O) groups excluding carboxylic acids is 1. The van der Waals surface area contributed by atoms with E-state index in [0.29, 0.717) is 0 Å². The SMILES string of the molecule is O=C([O-])c1ccc2c(c1)CCCO2. The fourth-order valence-electron chi connectivity index (χ4n) is 1.49. The summed E-state index contributed by atoms with van der Waals surface area (Å²) < 4.78 is 5.34. The van der Waals surface area contributed by atoms with Crippen LogP contribution in [0.4, 0.5) is 0 Å². The van der Waals surface area contributed by atoms with Crippen LogP contribution in [0.5, 0.6) is 5.75 Å². The van der Waals surface area contributed by atoms with Gasteiger partial charge in [0.25, 0.3) is 0 Å². The third kappa shape index (κ3) is 1.49. The van der Waals surface area contributed by atoms with Crippen molar-refractivity contribution in [2.75, 3.05) is 6.61 Å². The van der Waals surface area contributed by atoms with Crippen molar-refractivity contribution in [1.82, 2.24) is 0 Å². The summed E-state index contributed by atoms with van der Waals surface area (Å²) in [6.45, 7) is 0.720. The van der Waals surface area contributed by atoms with E-state index >= 15 is 0 Å². The van der Waals surface area contributed by atoms with Crippen LogP contribution in [0, 0.1) is 0 Å². The highest BCUT2D eigenvalue weighted by atomic mass is 16.5. The van der Waals surface area contributed by atoms with Crippen molar-refractivity contribution in [3.05, 3.63) is 29.3 Å². The average Bonchev–Trinajstić information content (AvgIpc) is 2.17. The second kappa shape index (κ2) is 3.09. The molecule has 1 aromatic rings. The van der Waals surface area contributed by atoms with Crippen molar-refractivity contribution in [3.63, 3.8) is 0 Å². The Morgan fingerprint density at radius 3 is 3.08 bits per heavy atom. The summed E-state index contributed by atoms with van der Waals surface area (Å²) in [6.07, 6.45) is 1.83. The molecule has 2 rings (SSSR count). The van der Waals surface area contributed by atoms with Crippen molar-refractivity contribution in [2.45, 2.75) is 12.8 Å². The van der Waals surface area contributed by atoms with Gasteiger partial charge in [-0.2, -0.15) is 0 Å². The molecule has 0 bridgehead atoms. The first-order valence-electron chi connectivity index (χ1n) is 4.24. The van der Waals surface area contributed by atoms with E-state index in [1.165, 1.54) is 6.07 Å². The zero-order valence-corrected chi connectivity index (χ0v) is 7.08. The first kappa shape index (κ1) is 8.10. The Morgan fingerprint density at radius 2 is 2.31 bits per heavy atom. The van der Waals surface area contributed by atoms with Crippen LogP contribution < -0.4 is 9.84 Å². The number of carboxylic acids is 1. The number of hydrogen-bond donors (Lipinski definition) is 0. The van der Waals surface area contributed by atoms with Gasteiger partial charge in [0.1, 0.15) is 5.75 Å². The molecule has 0 N–H and O–H groups in total. The lowest BCUT2D eigenvalue weighted by atomic mass is 10.0. The number of aryl methyl sites for hydroxylation is 1. The molecule has 68 valence electrons. The molecule has 0 amide bonds. The molecule has 1 aliphatic heterocycles. The summed E-state index contributed by atoms with van der Waals surface area (Å²) in [4.78, 5) is 10.5. The highest BCUT2D eigenvalue weighted by molar-refractivity contribution is 5.86. The second-order valence-corrected chi connectivity index (χ2v) is 3.06. The molecule has 0 fully saturated rings. The van der Waals surface area contributed by atoms with E-state index in [9.17, 15) is 9.90 Å². The number of carbonyl (C=O) groups is 1. The molecular weight excluding hydrogens is 168 g/mol. The zero-order valence-electron chi connectivity index (χ0n) is 7.08. The Hall–Kier alpha value is -1.51. The summed E-state index contributed by atoms with van der Waals surface area (Å²) in [6, 6.07) is 4.84. The molecule has 0 aromatic heterocycles. The molecule has 0 aliphatic carbocycles. The largest absolute Gasteiger partial charge is 0.545 e. The summed E-state index contributed by atoms with van der Waals surface area (Å²) in [7, 11) is 0. The lowest BCUT2D eigenvalue weighted by molar-refractivity contribution is -0.255. The number of aromatic carboxylic acids is 1. The van der Waals surface area contributed by atoms with Crippen LogP contribution >= 0.6 is 0 Å². The van der Waals surface area contributed by atoms with Crippen molar-refractivity contribution >= 4 is 5.97 Å². The van der Waals surface area contributed by atoms with Gasteiger partial charge in [0.2, 0.25) is 0 Å². The third-order valence-electron chi connectivity index (χ3n) is 2.14. The lowest BCUT2D eigenvalue weighted by Crippen LogP contribution is -2.22. The van der Waals surface area contributed by atoms with Crippen LogP contribution in [0.1, 0.15) is 22.3 Å². The molecular formula is C10H9O3-. The van der Waals surface area contributed by atoms with Crippen molar-refractivity contribution in [3.8, 4) is 5.75 Å². The van der Waals surface area contributed by atoms with Crippen LogP contribution in [-0.2, 0) is 6.42 Å². The number of benzene rings is 1. The van der Waals surface area contributed by atoms with Crippen molar-refractivity contribution in [2.24, 2.45) is 0 Å². The first-order chi connectivity index (χ1) is 6.27. The molecule has 3 heteroatoms. The Labute approximate surface area is 76.0 Å². The van der Waals surface area contributed by atoms with Crippen LogP contribution in [0.3, 0.4) is 0 Å². The maximum absolute atomic E-state index is 10.5. The number of carboxylic acid groups (broad SMARTS) is 1. The van der Waals surface area contributed by atoms with Crippen LogP contribution in [-0.4, -0.2) is 12.6 Å². The Balaban J connectivity index is 2.40. The normalized spacial score (nSPS) is 14.5. The molecule has 1 aliphatic rings. The summed E-state index contributed by atoms with van der Waals surface area (Å²) >= 11 is 0. The minimum atomic E-state index is -1.13. The average molecular weight is 177 g/mol. The van der Waals surface area contributed by atoms with Crippen molar-refractivity contribution < 1.29 is 14.6 Å². The Kier molecular flexibility index (Phi) is 1.93. The summed E-state index contributed by atoms with van der Waals surface area (Å²) in [5, 5.41) is 10.5. The predicted octanol–water partition coefficient (Wildman–Crippen LogP) is 0.375. The maximum atomic E-state index is 10.5. The van der Waals surface area contributed by atoms with Gasteiger partial charge >= 0.3 is 0 Å². The number of ether oxygens (including phenoxy) is 1. The van der Waals surface area contributed by atoms with Gasteiger partial charge in [-0.1, -0.05) is 0 Å². The van der Waals surface area contributed by atoms with Gasteiger partial charge in [0.15, 0.2) is 0 Å². The predicted molar refractivity (Wildman–Crippen MR) is 44.6 cm³/mol. The van der Waals surface area contributed by atoms with Crippen LogP contribution in [0.2, 0.25) is 0 Å². The summed E-state index contributed by atoms with van der Waals surface area (Å²) in [5.74, 6) is -0.329. The molecule has 3 nitrogen and oxygen atoms in total. The van der Waals surface area contributed by atoms with Gasteiger partial charge < -0.3 is 14.6 Å². The van der Waals surface area contributed by atoms with Gasteiger partial charge in [0, 0.05) is 0 Å². The van der Waals surface area contributed by atoms with E-state index in [2.05, 4.69) is 0 Å². The van der Waals surface area contributed by atoms with E-state index in [0.717, 1.165) is 30.8 Å². The topological polar surface area (TPSA) is 49.4 Å². The molecule has 0 spiro atoms. The van der Waals surface area contributed by atoms with Crippen molar-refractivity contribution in [1.29, 1.82) is 0 Å². The minimum Gasteiger partial charge on any atom is -0.545 e. The highest BCUT2D eigenvalue weighted by Crippen LogP contribution is 2.25. The maximum Gasteiger partial charge on any atom is 0.122 e. The van der Waals surface area contributed by atoms with Crippen LogP contribution in [0.25, 0.3) is 0 Å². The van der Waals surface area contributed by atoms with Gasteiger partial charge in [0.05, 0.1) is 12.6 Å². The fraction of sp³-hybridized carbons (Fsp3) is 0.300. The van der Waals surface area contributed by atoms with E-state index in [1.54, 1.807) is 12.1 Å². The first-order valence-corrected chi connectivity index (χ1v) is 4.24. The number of rotatable bonds is 1. The Bertz CT molecular complexity index is 344. The van der Waals surface area contributed by atoms with E-state index in [-0.39, 0.29) is 5.56 Å². The van der Waals surface area contributed by atoms with E-state index < -0.39 is 5.97 Å². The molecule has 13 heavy (non-hydrogen) atoms. The molecule has 1 aromatic carbocycles. The monoisotopic (exact) mass is 177 g/mol. The Morgan fingerprint density at radius 1 is 1.46 bits per heavy atom. The van der Waals surface area contributed by atoms with Gasteiger partial charge in [-0.15, -0.1) is 0 Å². The van der Waals surface area contributed by atoms with Gasteiger partial charge in [-0.3, -0.25) is 0 Å². The molecule has 0 saturated carbocycles.